The van der Waals surface area contributed by atoms with Crippen LogP contribution in [-0.4, -0.2) is 40.5 Å². The third kappa shape index (κ3) is 2.87. The average Bonchev–Trinajstić information content (AvgIpc) is 3.04. The Morgan fingerprint density at radius 1 is 1.10 bits per heavy atom. The zero-order valence-electron chi connectivity index (χ0n) is 16.5. The van der Waals surface area contributed by atoms with Crippen molar-refractivity contribution in [2.75, 3.05) is 13.1 Å². The lowest BCUT2D eigenvalue weighted by Crippen LogP contribution is -2.61. The van der Waals surface area contributed by atoms with Crippen LogP contribution in [0.4, 0.5) is 0 Å². The van der Waals surface area contributed by atoms with Crippen molar-refractivity contribution in [1.29, 1.82) is 0 Å². The van der Waals surface area contributed by atoms with Crippen molar-refractivity contribution in [1.82, 2.24) is 15.2 Å². The maximum atomic E-state index is 13.2. The standard InChI is InChI=1S/C23H23N3O3/c1-14-7-8-18-17(13-14)15(2)20(24-18)22(28)26-11-9-23(10-12-26)25-21(27)16-5-3-4-6-19(16)29-23/h3-8,13,24H,9-12H2,1-2H3,(H,25,27). The number of aromatic amines is 1. The van der Waals surface area contributed by atoms with E-state index < -0.39 is 5.72 Å². The summed E-state index contributed by atoms with van der Waals surface area (Å²) >= 11 is 0. The fourth-order valence-corrected chi connectivity index (χ4v) is 4.36. The second kappa shape index (κ2) is 6.37. The van der Waals surface area contributed by atoms with Crippen molar-refractivity contribution in [2.45, 2.75) is 32.4 Å². The molecule has 2 aliphatic rings. The Labute approximate surface area is 168 Å². The van der Waals surface area contributed by atoms with E-state index in [0.717, 1.165) is 16.5 Å². The lowest BCUT2D eigenvalue weighted by Gasteiger charge is -2.44. The SMILES string of the molecule is Cc1ccc2[nH]c(C(=O)N3CCC4(CC3)NC(=O)c3ccccc3O4)c(C)c2c1. The molecule has 2 aromatic carbocycles. The molecular formula is C23H23N3O3. The number of ether oxygens (including phenoxy) is 1. The predicted octanol–water partition coefficient (Wildman–Crippen LogP) is 3.54. The van der Waals surface area contributed by atoms with Gasteiger partial charge in [0, 0.05) is 36.8 Å². The van der Waals surface area contributed by atoms with Gasteiger partial charge in [-0.2, -0.15) is 0 Å². The van der Waals surface area contributed by atoms with Gasteiger partial charge >= 0.3 is 0 Å². The van der Waals surface area contributed by atoms with Gasteiger partial charge in [-0.1, -0.05) is 23.8 Å². The number of hydrogen-bond acceptors (Lipinski definition) is 3. The van der Waals surface area contributed by atoms with Crippen LogP contribution in [0.1, 0.15) is 44.8 Å². The van der Waals surface area contributed by atoms with Gasteiger partial charge in [-0.05, 0) is 43.7 Å². The van der Waals surface area contributed by atoms with E-state index in [9.17, 15) is 9.59 Å². The minimum Gasteiger partial charge on any atom is -0.467 e. The second-order valence-electron chi connectivity index (χ2n) is 8.01. The van der Waals surface area contributed by atoms with Gasteiger partial charge in [0.2, 0.25) is 0 Å². The fraction of sp³-hybridized carbons (Fsp3) is 0.304. The molecule has 1 aromatic heterocycles. The van der Waals surface area contributed by atoms with Gasteiger partial charge in [0.15, 0.2) is 5.72 Å². The minimum atomic E-state index is -0.741. The number of fused-ring (bicyclic) bond motifs is 2. The molecule has 6 nitrogen and oxygen atoms in total. The Morgan fingerprint density at radius 2 is 1.86 bits per heavy atom. The van der Waals surface area contributed by atoms with E-state index in [1.54, 1.807) is 6.07 Å². The summed E-state index contributed by atoms with van der Waals surface area (Å²) in [6, 6.07) is 13.4. The number of aryl methyl sites for hydroxylation is 2. The van der Waals surface area contributed by atoms with Gasteiger partial charge in [0.05, 0.1) is 5.56 Å². The molecule has 2 amide bonds. The Morgan fingerprint density at radius 3 is 2.66 bits per heavy atom. The lowest BCUT2D eigenvalue weighted by molar-refractivity contribution is -0.0246. The summed E-state index contributed by atoms with van der Waals surface area (Å²) < 4.78 is 6.17. The van der Waals surface area contributed by atoms with Crippen LogP contribution in [0.5, 0.6) is 5.75 Å². The van der Waals surface area contributed by atoms with Gasteiger partial charge in [0.25, 0.3) is 11.8 Å². The maximum absolute atomic E-state index is 13.2. The Bertz CT molecular complexity index is 1140. The van der Waals surface area contributed by atoms with Crippen molar-refractivity contribution in [3.8, 4) is 5.75 Å². The number of benzene rings is 2. The monoisotopic (exact) mass is 389 g/mol. The molecule has 1 fully saturated rings. The molecule has 29 heavy (non-hydrogen) atoms. The molecule has 2 aliphatic heterocycles. The number of likely N-dealkylation sites (tertiary alicyclic amines) is 1. The topological polar surface area (TPSA) is 74.4 Å². The van der Waals surface area contributed by atoms with Gasteiger partial charge in [-0.15, -0.1) is 0 Å². The van der Waals surface area contributed by atoms with Crippen molar-refractivity contribution >= 4 is 22.7 Å². The summed E-state index contributed by atoms with van der Waals surface area (Å²) in [5.41, 5.74) is 3.58. The van der Waals surface area contributed by atoms with Crippen LogP contribution in [0.3, 0.4) is 0 Å². The molecule has 1 spiro atoms. The zero-order chi connectivity index (χ0) is 20.2. The second-order valence-corrected chi connectivity index (χ2v) is 8.01. The van der Waals surface area contributed by atoms with E-state index in [2.05, 4.69) is 16.4 Å². The highest BCUT2D eigenvalue weighted by molar-refractivity contribution is 6.01. The molecular weight excluding hydrogens is 366 g/mol. The fourth-order valence-electron chi connectivity index (χ4n) is 4.36. The molecule has 0 atom stereocenters. The predicted molar refractivity (Wildman–Crippen MR) is 110 cm³/mol. The number of H-pyrrole nitrogens is 1. The van der Waals surface area contributed by atoms with Gasteiger partial charge in [-0.25, -0.2) is 0 Å². The van der Waals surface area contributed by atoms with Gasteiger partial charge in [-0.3, -0.25) is 9.59 Å². The van der Waals surface area contributed by atoms with Crippen LogP contribution in [0, 0.1) is 13.8 Å². The molecule has 5 rings (SSSR count). The number of para-hydroxylation sites is 1. The highest BCUT2D eigenvalue weighted by Crippen LogP contribution is 2.34. The summed E-state index contributed by atoms with van der Waals surface area (Å²) in [5, 5.41) is 4.10. The molecule has 6 heteroatoms. The smallest absolute Gasteiger partial charge is 0.270 e. The highest BCUT2D eigenvalue weighted by Gasteiger charge is 2.43. The van der Waals surface area contributed by atoms with Crippen molar-refractivity contribution in [2.24, 2.45) is 0 Å². The zero-order valence-corrected chi connectivity index (χ0v) is 16.5. The quantitative estimate of drug-likeness (QED) is 0.669. The van der Waals surface area contributed by atoms with Crippen LogP contribution in [0.15, 0.2) is 42.5 Å². The van der Waals surface area contributed by atoms with Crippen LogP contribution >= 0.6 is 0 Å². The molecule has 3 aromatic rings. The van der Waals surface area contributed by atoms with E-state index in [1.807, 2.05) is 49.1 Å². The first-order chi connectivity index (χ1) is 14.0. The Balaban J connectivity index is 1.35. The molecule has 0 aliphatic carbocycles. The number of nitrogens with one attached hydrogen (secondary N) is 2. The number of carbonyl (C=O) groups is 2. The van der Waals surface area contributed by atoms with Crippen molar-refractivity contribution in [3.05, 3.63) is 64.8 Å². The number of nitrogens with zero attached hydrogens (tertiary/aromatic N) is 1. The summed E-state index contributed by atoms with van der Waals surface area (Å²) in [4.78, 5) is 30.8. The van der Waals surface area contributed by atoms with Crippen LogP contribution in [0.25, 0.3) is 10.9 Å². The van der Waals surface area contributed by atoms with E-state index in [-0.39, 0.29) is 11.8 Å². The lowest BCUT2D eigenvalue weighted by atomic mass is 9.96. The number of amides is 2. The number of aromatic nitrogens is 1. The Hall–Kier alpha value is -3.28. The summed E-state index contributed by atoms with van der Waals surface area (Å²) in [6.07, 6.45) is 1.11. The van der Waals surface area contributed by atoms with E-state index in [0.29, 0.717) is 42.9 Å². The molecule has 1 saturated heterocycles. The van der Waals surface area contributed by atoms with Gasteiger partial charge < -0.3 is 19.9 Å². The van der Waals surface area contributed by atoms with E-state index >= 15 is 0 Å². The van der Waals surface area contributed by atoms with Crippen LogP contribution in [0.2, 0.25) is 0 Å². The molecule has 0 bridgehead atoms. The number of rotatable bonds is 1. The summed E-state index contributed by atoms with van der Waals surface area (Å²) in [7, 11) is 0. The first kappa shape index (κ1) is 17.8. The van der Waals surface area contributed by atoms with E-state index in [1.165, 1.54) is 5.56 Å². The molecule has 0 saturated carbocycles. The average molecular weight is 389 g/mol. The molecule has 0 radical (unpaired) electrons. The van der Waals surface area contributed by atoms with Crippen molar-refractivity contribution < 1.29 is 14.3 Å². The third-order valence-electron chi connectivity index (χ3n) is 6.06. The normalized spacial score (nSPS) is 17.7. The molecule has 148 valence electrons. The summed E-state index contributed by atoms with van der Waals surface area (Å²) in [5.74, 6) is 0.486. The number of hydrogen-bond donors (Lipinski definition) is 2. The third-order valence-corrected chi connectivity index (χ3v) is 6.06. The Kier molecular flexibility index (Phi) is 3.91. The van der Waals surface area contributed by atoms with Crippen LogP contribution < -0.4 is 10.1 Å². The maximum Gasteiger partial charge on any atom is 0.270 e. The van der Waals surface area contributed by atoms with Crippen LogP contribution in [-0.2, 0) is 0 Å². The van der Waals surface area contributed by atoms with E-state index in [4.69, 9.17) is 4.74 Å². The molecule has 2 N–H and O–H groups in total. The first-order valence-electron chi connectivity index (χ1n) is 9.95. The van der Waals surface area contributed by atoms with Crippen molar-refractivity contribution in [3.63, 3.8) is 0 Å². The highest BCUT2D eigenvalue weighted by atomic mass is 16.5. The molecule has 0 unspecified atom stereocenters. The number of piperidine rings is 1. The summed E-state index contributed by atoms with van der Waals surface area (Å²) in [6.45, 7) is 5.08. The minimum absolute atomic E-state index is 0.00580. The largest absolute Gasteiger partial charge is 0.467 e. The van der Waals surface area contributed by atoms with Gasteiger partial charge in [0.1, 0.15) is 11.4 Å². The first-order valence-corrected chi connectivity index (χ1v) is 9.95. The molecule has 3 heterocycles. The number of carbonyl (C=O) groups excluding carboxylic acids is 2.